The van der Waals surface area contributed by atoms with Crippen LogP contribution >= 0.6 is 0 Å². The Balaban J connectivity index is 1.33. The van der Waals surface area contributed by atoms with Crippen molar-refractivity contribution in [2.24, 2.45) is 12.1 Å². The number of hydrogen-bond donors (Lipinski definition) is 2. The highest BCUT2D eigenvalue weighted by Gasteiger charge is 2.28. The number of urea groups is 1. The van der Waals surface area contributed by atoms with E-state index in [-0.39, 0.29) is 24.7 Å². The summed E-state index contributed by atoms with van der Waals surface area (Å²) in [5.41, 5.74) is 0.909. The summed E-state index contributed by atoms with van der Waals surface area (Å²) in [7, 11) is 1.67. The second-order valence-electron chi connectivity index (χ2n) is 6.99. The van der Waals surface area contributed by atoms with Crippen LogP contribution in [0.5, 0.6) is 0 Å². The van der Waals surface area contributed by atoms with E-state index in [0.29, 0.717) is 17.7 Å². The van der Waals surface area contributed by atoms with E-state index in [4.69, 9.17) is 0 Å². The topological polar surface area (TPSA) is 100 Å². The number of hydrazone groups is 1. The maximum atomic E-state index is 14.1. The van der Waals surface area contributed by atoms with Gasteiger partial charge in [-0.1, -0.05) is 0 Å². The number of halogens is 3. The van der Waals surface area contributed by atoms with E-state index in [0.717, 1.165) is 17.3 Å². The first kappa shape index (κ1) is 21.3. The molecular weight excluding hydrogens is 425 g/mol. The highest BCUT2D eigenvalue weighted by molar-refractivity contribution is 5.78. The fraction of sp³-hybridized carbons (Fsp3) is 0.250. The summed E-state index contributed by atoms with van der Waals surface area (Å²) in [5, 5.41) is 14.7. The van der Waals surface area contributed by atoms with Crippen molar-refractivity contribution in [3.05, 3.63) is 59.7 Å². The van der Waals surface area contributed by atoms with Gasteiger partial charge < -0.3 is 10.6 Å². The van der Waals surface area contributed by atoms with Crippen LogP contribution in [0.3, 0.4) is 0 Å². The summed E-state index contributed by atoms with van der Waals surface area (Å²) in [4.78, 5) is 20.6. The van der Waals surface area contributed by atoms with Crippen molar-refractivity contribution >= 4 is 18.2 Å². The van der Waals surface area contributed by atoms with E-state index in [1.54, 1.807) is 13.1 Å². The van der Waals surface area contributed by atoms with Gasteiger partial charge in [-0.2, -0.15) is 10.2 Å². The summed E-state index contributed by atoms with van der Waals surface area (Å²) in [6, 6.07) is 3.63. The van der Waals surface area contributed by atoms with Gasteiger partial charge in [0.1, 0.15) is 17.3 Å². The minimum atomic E-state index is -0.721. The molecule has 0 saturated carbocycles. The molecule has 32 heavy (non-hydrogen) atoms. The number of carbonyl (C=O) groups is 1. The molecule has 2 aromatic heterocycles. The maximum Gasteiger partial charge on any atom is 0.338 e. The zero-order valence-corrected chi connectivity index (χ0v) is 17.0. The number of amides is 2. The molecule has 1 aliphatic rings. The average Bonchev–Trinajstić information content (AvgIpc) is 3.41. The number of benzene rings is 1. The molecule has 0 spiro atoms. The smallest absolute Gasteiger partial charge is 0.338 e. The predicted molar refractivity (Wildman–Crippen MR) is 110 cm³/mol. The lowest BCUT2D eigenvalue weighted by Crippen LogP contribution is -2.39. The Kier molecular flexibility index (Phi) is 6.01. The molecule has 1 aliphatic heterocycles. The molecule has 1 atom stereocenters. The van der Waals surface area contributed by atoms with E-state index >= 15 is 0 Å². The van der Waals surface area contributed by atoms with Gasteiger partial charge in [-0.05, 0) is 23.8 Å². The molecule has 0 saturated heterocycles. The van der Waals surface area contributed by atoms with Crippen LogP contribution in [-0.4, -0.2) is 50.1 Å². The number of anilines is 1. The van der Waals surface area contributed by atoms with Gasteiger partial charge in [-0.25, -0.2) is 32.9 Å². The molecule has 3 heterocycles. The lowest BCUT2D eigenvalue weighted by atomic mass is 10.0. The first-order chi connectivity index (χ1) is 15.4. The SMILES string of the molecule is Cn1nccc1-c1nc(NCCNC(=O)N2N=CC[C@H]2c2cc(F)cc(F)c2)ncc1F. The normalized spacial score (nSPS) is 15.2. The predicted octanol–water partition coefficient (Wildman–Crippen LogP) is 2.85. The first-order valence-corrected chi connectivity index (χ1v) is 9.72. The van der Waals surface area contributed by atoms with Gasteiger partial charge in [0.25, 0.3) is 0 Å². The Hall–Kier alpha value is -3.96. The third kappa shape index (κ3) is 4.53. The third-order valence-corrected chi connectivity index (χ3v) is 4.80. The Morgan fingerprint density at radius 2 is 1.97 bits per heavy atom. The van der Waals surface area contributed by atoms with Crippen molar-refractivity contribution in [3.8, 4) is 11.4 Å². The largest absolute Gasteiger partial charge is 0.352 e. The molecule has 166 valence electrons. The van der Waals surface area contributed by atoms with Crippen LogP contribution < -0.4 is 10.6 Å². The van der Waals surface area contributed by atoms with Gasteiger partial charge in [0.05, 0.1) is 17.9 Å². The summed E-state index contributed by atoms with van der Waals surface area (Å²) in [5.74, 6) is -1.84. The third-order valence-electron chi connectivity index (χ3n) is 4.80. The van der Waals surface area contributed by atoms with Crippen molar-refractivity contribution < 1.29 is 18.0 Å². The van der Waals surface area contributed by atoms with Crippen molar-refractivity contribution in [1.82, 2.24) is 30.1 Å². The minimum Gasteiger partial charge on any atom is -0.352 e. The Labute approximate surface area is 181 Å². The van der Waals surface area contributed by atoms with Crippen LogP contribution in [0.15, 0.2) is 41.8 Å². The lowest BCUT2D eigenvalue weighted by molar-refractivity contribution is 0.186. The molecule has 0 radical (unpaired) electrons. The van der Waals surface area contributed by atoms with Crippen LogP contribution in [0.2, 0.25) is 0 Å². The fourth-order valence-corrected chi connectivity index (χ4v) is 3.32. The van der Waals surface area contributed by atoms with Gasteiger partial charge in [-0.15, -0.1) is 0 Å². The number of carbonyl (C=O) groups excluding carboxylic acids is 1. The van der Waals surface area contributed by atoms with Gasteiger partial charge in [0.2, 0.25) is 5.95 Å². The Morgan fingerprint density at radius 3 is 2.69 bits per heavy atom. The second-order valence-corrected chi connectivity index (χ2v) is 6.99. The van der Waals surface area contributed by atoms with Crippen LogP contribution in [0, 0.1) is 17.5 Å². The number of nitrogens with zero attached hydrogens (tertiary/aromatic N) is 6. The molecule has 3 aromatic rings. The Bertz CT molecular complexity index is 1150. The monoisotopic (exact) mass is 444 g/mol. The van der Waals surface area contributed by atoms with E-state index in [9.17, 15) is 18.0 Å². The molecule has 12 heteroatoms. The first-order valence-electron chi connectivity index (χ1n) is 9.72. The number of rotatable bonds is 6. The average molecular weight is 444 g/mol. The van der Waals surface area contributed by atoms with Gasteiger partial charge >= 0.3 is 6.03 Å². The van der Waals surface area contributed by atoms with Gasteiger partial charge in [0.15, 0.2) is 5.82 Å². The maximum absolute atomic E-state index is 14.1. The minimum absolute atomic E-state index is 0.100. The summed E-state index contributed by atoms with van der Waals surface area (Å²) in [6.45, 7) is 0.426. The summed E-state index contributed by atoms with van der Waals surface area (Å²) < 4.78 is 42.7. The molecule has 0 unspecified atom stereocenters. The molecule has 0 aliphatic carbocycles. The van der Waals surface area contributed by atoms with Crippen LogP contribution in [-0.2, 0) is 7.05 Å². The quantitative estimate of drug-likeness (QED) is 0.570. The van der Waals surface area contributed by atoms with Crippen LogP contribution in [0.25, 0.3) is 11.4 Å². The highest BCUT2D eigenvalue weighted by atomic mass is 19.1. The fourth-order valence-electron chi connectivity index (χ4n) is 3.32. The molecular formula is C20H19F3N8O. The molecule has 9 nitrogen and oxygen atoms in total. The van der Waals surface area contributed by atoms with Crippen molar-refractivity contribution in [3.63, 3.8) is 0 Å². The lowest BCUT2D eigenvalue weighted by Gasteiger charge is -2.22. The van der Waals surface area contributed by atoms with Crippen molar-refractivity contribution in [1.29, 1.82) is 0 Å². The molecule has 4 rings (SSSR count). The van der Waals surface area contributed by atoms with Crippen LogP contribution in [0.4, 0.5) is 23.9 Å². The molecule has 0 bridgehead atoms. The Morgan fingerprint density at radius 1 is 1.19 bits per heavy atom. The zero-order valence-electron chi connectivity index (χ0n) is 17.0. The van der Waals surface area contributed by atoms with Crippen LogP contribution in [0.1, 0.15) is 18.0 Å². The number of aryl methyl sites for hydroxylation is 1. The highest BCUT2D eigenvalue weighted by Crippen LogP contribution is 2.29. The van der Waals surface area contributed by atoms with E-state index in [1.165, 1.54) is 29.2 Å². The number of hydrogen-bond acceptors (Lipinski definition) is 6. The second kappa shape index (κ2) is 9.04. The summed E-state index contributed by atoms with van der Waals surface area (Å²) in [6.07, 6.45) is 4.44. The van der Waals surface area contributed by atoms with E-state index < -0.39 is 29.5 Å². The van der Waals surface area contributed by atoms with E-state index in [1.807, 2.05) is 0 Å². The van der Waals surface area contributed by atoms with Crippen molar-refractivity contribution in [2.75, 3.05) is 18.4 Å². The molecule has 2 amide bonds. The van der Waals surface area contributed by atoms with Gasteiger partial charge in [-0.3, -0.25) is 4.68 Å². The van der Waals surface area contributed by atoms with E-state index in [2.05, 4.69) is 30.8 Å². The zero-order chi connectivity index (χ0) is 22.7. The summed E-state index contributed by atoms with van der Waals surface area (Å²) >= 11 is 0. The molecule has 0 fully saturated rings. The van der Waals surface area contributed by atoms with Gasteiger partial charge in [0, 0.05) is 45.0 Å². The number of aromatic nitrogens is 4. The molecule has 1 aromatic carbocycles. The van der Waals surface area contributed by atoms with Crippen molar-refractivity contribution in [2.45, 2.75) is 12.5 Å². The molecule has 2 N–H and O–H groups in total. The standard InChI is InChI=1S/C20H19F3N8O/c1-30-17(3-4-27-30)18-15(23)11-26-19(29-18)24-6-7-25-20(32)31-16(2-5-28-31)12-8-13(21)10-14(22)9-12/h3-5,8-11,16H,2,6-7H2,1H3,(H,25,32)(H,24,26,29)/t16-/m0/s1. The number of nitrogens with one attached hydrogen (secondary N) is 2.